The molecule has 0 amide bonds. The fraction of sp³-hybridized carbons (Fsp3) is 1.00. The molecule has 0 unspecified atom stereocenters. The van der Waals surface area contributed by atoms with E-state index in [1.807, 2.05) is 0 Å². The monoisotopic (exact) mass is 540 g/mol. The van der Waals surface area contributed by atoms with E-state index >= 15 is 0 Å². The van der Waals surface area contributed by atoms with Crippen LogP contribution in [0.4, 0.5) is 0 Å². The summed E-state index contributed by atoms with van der Waals surface area (Å²) in [5, 5.41) is 7.12. The Balaban J connectivity index is 4.52. The maximum absolute atomic E-state index is 6.51. The van der Waals surface area contributed by atoms with Gasteiger partial charge in [-0.05, 0) is 51.9 Å². The van der Waals surface area contributed by atoms with Gasteiger partial charge in [-0.1, -0.05) is 51.4 Å². The third kappa shape index (κ3) is 16.8. The Morgan fingerprint density at radius 2 is 0.727 bits per heavy atom. The van der Waals surface area contributed by atoms with Crippen LogP contribution in [0.3, 0.4) is 0 Å². The lowest BCUT2D eigenvalue weighted by molar-refractivity contribution is 0.0859. The standard InChI is InChI=1S/C22H56N2O5Si4/c1-25-32(26-2,21-13-17-23-15-11-19-30(5,6)7)29-33(27-3,28-4)22-14-18-24-16-12-20-31(8,9)10/h23-24H,11-22H2,1-10H3. The molecule has 0 rings (SSSR count). The molecular weight excluding hydrogens is 485 g/mol. The van der Waals surface area contributed by atoms with Crippen molar-refractivity contribution in [1.82, 2.24) is 10.6 Å². The zero-order valence-electron chi connectivity index (χ0n) is 23.5. The molecule has 0 bridgehead atoms. The third-order valence-corrected chi connectivity index (χ3v) is 16.4. The number of nitrogens with one attached hydrogen (secondary N) is 2. The zero-order valence-corrected chi connectivity index (χ0v) is 27.5. The molecule has 0 aromatic heterocycles. The summed E-state index contributed by atoms with van der Waals surface area (Å²) < 4.78 is 29.9. The number of rotatable bonds is 22. The molecule has 0 spiro atoms. The van der Waals surface area contributed by atoms with Crippen molar-refractivity contribution in [2.45, 2.75) is 89.1 Å². The SMILES string of the molecule is CO[Si](CCCNCCC[Si](C)(C)C)(OC)O[Si](CCCNCCC[Si](C)(C)C)(OC)OC. The van der Waals surface area contributed by atoms with Crippen molar-refractivity contribution in [3.05, 3.63) is 0 Å². The Hall–Kier alpha value is 0.588. The average Bonchev–Trinajstić information content (AvgIpc) is 2.74. The van der Waals surface area contributed by atoms with Gasteiger partial charge in [-0.2, -0.15) is 0 Å². The third-order valence-electron chi connectivity index (χ3n) is 5.79. The highest BCUT2D eigenvalue weighted by atomic mass is 28.5. The van der Waals surface area contributed by atoms with Crippen LogP contribution >= 0.6 is 0 Å². The first-order chi connectivity index (χ1) is 15.4. The first-order valence-corrected chi connectivity index (χ1v) is 24.0. The van der Waals surface area contributed by atoms with Gasteiger partial charge < -0.3 is 32.5 Å². The van der Waals surface area contributed by atoms with E-state index in [9.17, 15) is 0 Å². The van der Waals surface area contributed by atoms with Crippen LogP contribution in [-0.2, 0) is 21.8 Å². The maximum atomic E-state index is 6.51. The van der Waals surface area contributed by atoms with Crippen LogP contribution in [0.15, 0.2) is 0 Å². The van der Waals surface area contributed by atoms with Crippen LogP contribution < -0.4 is 10.6 Å². The molecule has 0 fully saturated rings. The fourth-order valence-electron chi connectivity index (χ4n) is 3.68. The first-order valence-electron chi connectivity index (χ1n) is 12.7. The number of hydrogen-bond acceptors (Lipinski definition) is 7. The molecule has 7 nitrogen and oxygen atoms in total. The van der Waals surface area contributed by atoms with Crippen LogP contribution in [0.1, 0.15) is 25.7 Å². The molecule has 33 heavy (non-hydrogen) atoms. The van der Waals surface area contributed by atoms with Crippen molar-refractivity contribution in [3.63, 3.8) is 0 Å². The molecule has 200 valence electrons. The highest BCUT2D eigenvalue weighted by Crippen LogP contribution is 2.26. The predicted octanol–water partition coefficient (Wildman–Crippen LogP) is 4.88. The summed E-state index contributed by atoms with van der Waals surface area (Å²) in [6.45, 7) is 18.6. The zero-order chi connectivity index (χ0) is 25.4. The van der Waals surface area contributed by atoms with Gasteiger partial charge in [0.25, 0.3) is 0 Å². The molecule has 0 atom stereocenters. The van der Waals surface area contributed by atoms with E-state index < -0.39 is 33.8 Å². The molecular formula is C22H56N2O5Si4. The minimum absolute atomic E-state index is 0.747. The van der Waals surface area contributed by atoms with E-state index in [-0.39, 0.29) is 0 Å². The molecule has 0 aliphatic rings. The topological polar surface area (TPSA) is 70.2 Å². The highest BCUT2D eigenvalue weighted by molar-refractivity contribution is 6.76. The molecule has 0 radical (unpaired) electrons. The number of hydrogen-bond donors (Lipinski definition) is 2. The highest BCUT2D eigenvalue weighted by Gasteiger charge is 2.51. The normalized spacial score (nSPS) is 13.6. The molecule has 0 saturated carbocycles. The van der Waals surface area contributed by atoms with Crippen molar-refractivity contribution in [1.29, 1.82) is 0 Å². The van der Waals surface area contributed by atoms with Crippen LogP contribution in [0.5, 0.6) is 0 Å². The molecule has 0 heterocycles. The van der Waals surface area contributed by atoms with Gasteiger partial charge in [-0.15, -0.1) is 0 Å². The fourth-order valence-corrected chi connectivity index (χ4v) is 12.6. The maximum Gasteiger partial charge on any atom is 0.493 e. The second-order valence-electron chi connectivity index (χ2n) is 11.3. The summed E-state index contributed by atoms with van der Waals surface area (Å²) >= 11 is 0. The van der Waals surface area contributed by atoms with Gasteiger partial charge in [0, 0.05) is 56.7 Å². The van der Waals surface area contributed by atoms with Gasteiger partial charge >= 0.3 is 17.6 Å². The summed E-state index contributed by atoms with van der Waals surface area (Å²) in [5.41, 5.74) is 0. The van der Waals surface area contributed by atoms with Gasteiger partial charge in [0.1, 0.15) is 0 Å². The first kappa shape index (κ1) is 33.6. The lowest BCUT2D eigenvalue weighted by Crippen LogP contribution is -2.57. The Morgan fingerprint density at radius 1 is 0.455 bits per heavy atom. The Morgan fingerprint density at radius 3 is 0.970 bits per heavy atom. The molecule has 0 aromatic carbocycles. The second-order valence-corrected chi connectivity index (χ2v) is 28.7. The van der Waals surface area contributed by atoms with Crippen molar-refractivity contribution >= 4 is 33.8 Å². The van der Waals surface area contributed by atoms with E-state index in [0.29, 0.717) is 0 Å². The van der Waals surface area contributed by atoms with E-state index in [1.165, 1.54) is 24.9 Å². The van der Waals surface area contributed by atoms with E-state index in [2.05, 4.69) is 49.9 Å². The van der Waals surface area contributed by atoms with Gasteiger partial charge in [0.05, 0.1) is 0 Å². The quantitative estimate of drug-likeness (QED) is 0.150. The molecule has 0 aliphatic heterocycles. The Kier molecular flexibility index (Phi) is 17.4. The van der Waals surface area contributed by atoms with Crippen LogP contribution in [0.25, 0.3) is 0 Å². The van der Waals surface area contributed by atoms with Gasteiger partial charge in [0.2, 0.25) is 0 Å². The van der Waals surface area contributed by atoms with Crippen molar-refractivity contribution in [3.8, 4) is 0 Å². The summed E-state index contributed by atoms with van der Waals surface area (Å²) in [5.74, 6) is 0. The molecule has 0 saturated heterocycles. The Labute approximate surface area is 209 Å². The lowest BCUT2D eigenvalue weighted by atomic mass is 10.4. The minimum atomic E-state index is -2.86. The molecule has 2 N–H and O–H groups in total. The van der Waals surface area contributed by atoms with Gasteiger partial charge in [-0.25, -0.2) is 0 Å². The van der Waals surface area contributed by atoms with Gasteiger partial charge in [0.15, 0.2) is 0 Å². The van der Waals surface area contributed by atoms with Crippen molar-refractivity contribution in [2.75, 3.05) is 54.6 Å². The summed E-state index contributed by atoms with van der Waals surface area (Å²) in [7, 11) is -0.889. The van der Waals surface area contributed by atoms with E-state index in [4.69, 9.17) is 21.8 Å². The van der Waals surface area contributed by atoms with Crippen molar-refractivity contribution < 1.29 is 21.8 Å². The summed E-state index contributed by atoms with van der Waals surface area (Å²) in [4.78, 5) is 0. The van der Waals surface area contributed by atoms with Crippen molar-refractivity contribution in [2.24, 2.45) is 0 Å². The van der Waals surface area contributed by atoms with Crippen LogP contribution in [0.2, 0.25) is 63.5 Å². The lowest BCUT2D eigenvalue weighted by Gasteiger charge is -2.35. The average molecular weight is 541 g/mol. The molecule has 11 heteroatoms. The second kappa shape index (κ2) is 17.1. The largest absolute Gasteiger partial charge is 0.493 e. The van der Waals surface area contributed by atoms with Crippen LogP contribution in [-0.4, -0.2) is 88.4 Å². The minimum Gasteiger partial charge on any atom is -0.377 e. The smallest absolute Gasteiger partial charge is 0.377 e. The predicted molar refractivity (Wildman–Crippen MR) is 151 cm³/mol. The van der Waals surface area contributed by atoms with Crippen LogP contribution in [0, 0.1) is 0 Å². The summed E-state index contributed by atoms with van der Waals surface area (Å²) in [6.07, 6.45) is 4.38. The Bertz CT molecular complexity index is 440. The van der Waals surface area contributed by atoms with Gasteiger partial charge in [-0.3, -0.25) is 0 Å². The molecule has 0 aliphatic carbocycles. The van der Waals surface area contributed by atoms with E-state index in [1.54, 1.807) is 28.4 Å². The molecule has 0 aromatic rings. The summed E-state index contributed by atoms with van der Waals surface area (Å²) in [6, 6.07) is 4.22. The van der Waals surface area contributed by atoms with E-state index in [0.717, 1.165) is 51.1 Å².